The lowest BCUT2D eigenvalue weighted by molar-refractivity contribution is -0.155. The number of ether oxygens (including phenoxy) is 2. The summed E-state index contributed by atoms with van der Waals surface area (Å²) in [6, 6.07) is 5.64. The van der Waals surface area contributed by atoms with Crippen LogP contribution in [-0.4, -0.2) is 43.3 Å². The number of benzene rings is 1. The third-order valence-electron chi connectivity index (χ3n) is 2.90. The van der Waals surface area contributed by atoms with Crippen LogP contribution in [0.15, 0.2) is 24.3 Å². The lowest BCUT2D eigenvalue weighted by Gasteiger charge is -2.43. The largest absolute Gasteiger partial charge is 0.497 e. The number of carbonyl (C=O) groups excluding carboxylic acids is 1. The van der Waals surface area contributed by atoms with Gasteiger partial charge in [-0.3, -0.25) is 9.69 Å². The third kappa shape index (κ3) is 1.80. The molecule has 1 aliphatic rings. The van der Waals surface area contributed by atoms with Crippen LogP contribution in [0.1, 0.15) is 0 Å². The van der Waals surface area contributed by atoms with Gasteiger partial charge in [0, 0.05) is 12.8 Å². The smallest absolute Gasteiger partial charge is 0.330 e. The highest BCUT2D eigenvalue weighted by atomic mass is 16.5. The maximum absolute atomic E-state index is 11.8. The third-order valence-corrected chi connectivity index (χ3v) is 2.90. The van der Waals surface area contributed by atoms with E-state index >= 15 is 0 Å². The van der Waals surface area contributed by atoms with E-state index in [1.807, 2.05) is 0 Å². The fourth-order valence-electron chi connectivity index (χ4n) is 1.96. The zero-order chi connectivity index (χ0) is 13.3. The number of rotatable bonds is 4. The fraction of sp³-hybridized carbons (Fsp3) is 0.333. The van der Waals surface area contributed by atoms with E-state index in [1.54, 1.807) is 24.3 Å². The summed E-state index contributed by atoms with van der Waals surface area (Å²) < 4.78 is 9.87. The highest BCUT2D eigenvalue weighted by molar-refractivity contribution is 6.12. The van der Waals surface area contributed by atoms with Crippen molar-refractivity contribution in [3.05, 3.63) is 24.3 Å². The molecule has 1 heterocycles. The Bertz CT molecular complexity index is 470. The molecular weight excluding hydrogens is 238 g/mol. The predicted octanol–water partition coefficient (Wildman–Crippen LogP) is 0.510. The van der Waals surface area contributed by atoms with Gasteiger partial charge < -0.3 is 14.6 Å². The first-order valence-corrected chi connectivity index (χ1v) is 5.33. The van der Waals surface area contributed by atoms with Crippen LogP contribution in [0.5, 0.6) is 5.75 Å². The summed E-state index contributed by atoms with van der Waals surface area (Å²) in [6.45, 7) is 0. The Kier molecular flexibility index (Phi) is 3.20. The van der Waals surface area contributed by atoms with Crippen molar-refractivity contribution >= 4 is 17.6 Å². The molecule has 1 amide bonds. The Balaban J connectivity index is 2.26. The standard InChI is InChI=1S/C12H13NO5/c1-17-8-5-3-7(4-6-8)13-9(12(15)16)10(18-2)11(13)14/h3-6,9-10H,1-2H3,(H,15,16)/t9-,10+/m0/s1. The molecule has 1 aliphatic heterocycles. The fourth-order valence-corrected chi connectivity index (χ4v) is 1.96. The molecule has 2 atom stereocenters. The number of methoxy groups -OCH3 is 2. The van der Waals surface area contributed by atoms with E-state index in [0.717, 1.165) is 0 Å². The van der Waals surface area contributed by atoms with Crippen molar-refractivity contribution in [2.45, 2.75) is 12.1 Å². The molecule has 96 valence electrons. The number of carbonyl (C=O) groups is 2. The monoisotopic (exact) mass is 251 g/mol. The van der Waals surface area contributed by atoms with Crippen molar-refractivity contribution in [3.63, 3.8) is 0 Å². The second kappa shape index (κ2) is 4.66. The van der Waals surface area contributed by atoms with Gasteiger partial charge in [-0.2, -0.15) is 0 Å². The molecule has 1 saturated heterocycles. The van der Waals surface area contributed by atoms with Gasteiger partial charge in [-0.05, 0) is 24.3 Å². The van der Waals surface area contributed by atoms with Crippen LogP contribution in [0.3, 0.4) is 0 Å². The minimum atomic E-state index is -1.09. The number of carboxylic acid groups (broad SMARTS) is 1. The lowest BCUT2D eigenvalue weighted by atomic mass is 9.96. The summed E-state index contributed by atoms with van der Waals surface area (Å²) in [6.07, 6.45) is -0.912. The molecule has 18 heavy (non-hydrogen) atoms. The number of aliphatic carboxylic acids is 1. The summed E-state index contributed by atoms with van der Waals surface area (Å²) in [7, 11) is 2.86. The first kappa shape index (κ1) is 12.4. The average molecular weight is 251 g/mol. The molecule has 0 unspecified atom stereocenters. The van der Waals surface area contributed by atoms with Gasteiger partial charge in [-0.15, -0.1) is 0 Å². The van der Waals surface area contributed by atoms with Crippen molar-refractivity contribution < 1.29 is 24.2 Å². The molecule has 0 aliphatic carbocycles. The van der Waals surface area contributed by atoms with E-state index in [4.69, 9.17) is 14.6 Å². The van der Waals surface area contributed by atoms with Crippen LogP contribution in [-0.2, 0) is 14.3 Å². The molecule has 0 spiro atoms. The summed E-state index contributed by atoms with van der Waals surface area (Å²) in [5, 5.41) is 9.09. The Morgan fingerprint density at radius 3 is 2.33 bits per heavy atom. The summed E-state index contributed by atoms with van der Waals surface area (Å²) in [4.78, 5) is 24.1. The van der Waals surface area contributed by atoms with Gasteiger partial charge in [-0.1, -0.05) is 0 Å². The molecule has 6 nitrogen and oxygen atoms in total. The second-order valence-electron chi connectivity index (χ2n) is 3.85. The van der Waals surface area contributed by atoms with E-state index in [1.165, 1.54) is 19.1 Å². The van der Waals surface area contributed by atoms with E-state index < -0.39 is 18.1 Å². The lowest BCUT2D eigenvalue weighted by Crippen LogP contribution is -2.69. The molecule has 0 bridgehead atoms. The number of nitrogens with zero attached hydrogens (tertiary/aromatic N) is 1. The Labute approximate surface area is 104 Å². The van der Waals surface area contributed by atoms with Gasteiger partial charge in [-0.25, -0.2) is 4.79 Å². The van der Waals surface area contributed by atoms with Crippen molar-refractivity contribution in [2.75, 3.05) is 19.1 Å². The number of carboxylic acids is 1. The molecule has 2 rings (SSSR count). The van der Waals surface area contributed by atoms with Crippen molar-refractivity contribution in [1.82, 2.24) is 0 Å². The van der Waals surface area contributed by atoms with Crippen LogP contribution in [0.25, 0.3) is 0 Å². The van der Waals surface area contributed by atoms with Gasteiger partial charge >= 0.3 is 5.97 Å². The van der Waals surface area contributed by atoms with Gasteiger partial charge in [0.25, 0.3) is 5.91 Å². The Morgan fingerprint density at radius 2 is 1.89 bits per heavy atom. The Morgan fingerprint density at radius 1 is 1.28 bits per heavy atom. The van der Waals surface area contributed by atoms with Crippen molar-refractivity contribution in [3.8, 4) is 5.75 Å². The van der Waals surface area contributed by atoms with E-state index in [2.05, 4.69) is 0 Å². The number of amides is 1. The van der Waals surface area contributed by atoms with Crippen molar-refractivity contribution in [2.24, 2.45) is 0 Å². The first-order chi connectivity index (χ1) is 8.60. The van der Waals surface area contributed by atoms with Crippen LogP contribution < -0.4 is 9.64 Å². The number of hydrogen-bond donors (Lipinski definition) is 1. The summed E-state index contributed by atoms with van der Waals surface area (Å²) in [5.41, 5.74) is 0.515. The molecule has 1 aromatic carbocycles. The second-order valence-corrected chi connectivity index (χ2v) is 3.85. The molecule has 1 fully saturated rings. The minimum absolute atomic E-state index is 0.352. The quantitative estimate of drug-likeness (QED) is 0.789. The number of anilines is 1. The summed E-state index contributed by atoms with van der Waals surface area (Å²) >= 11 is 0. The van der Waals surface area contributed by atoms with Crippen LogP contribution in [0, 0.1) is 0 Å². The molecule has 6 heteroatoms. The van der Waals surface area contributed by atoms with Gasteiger partial charge in [0.05, 0.1) is 7.11 Å². The topological polar surface area (TPSA) is 76.1 Å². The zero-order valence-corrected chi connectivity index (χ0v) is 9.99. The molecule has 0 aromatic heterocycles. The van der Waals surface area contributed by atoms with Gasteiger partial charge in [0.1, 0.15) is 5.75 Å². The van der Waals surface area contributed by atoms with E-state index in [-0.39, 0.29) is 5.91 Å². The first-order valence-electron chi connectivity index (χ1n) is 5.33. The average Bonchev–Trinajstić information content (AvgIpc) is 2.36. The highest BCUT2D eigenvalue weighted by Gasteiger charge is 2.53. The van der Waals surface area contributed by atoms with Crippen LogP contribution in [0.2, 0.25) is 0 Å². The van der Waals surface area contributed by atoms with E-state index in [0.29, 0.717) is 11.4 Å². The van der Waals surface area contributed by atoms with Crippen LogP contribution >= 0.6 is 0 Å². The molecule has 1 N–H and O–H groups in total. The molecule has 0 radical (unpaired) electrons. The highest BCUT2D eigenvalue weighted by Crippen LogP contribution is 2.31. The molecular formula is C12H13NO5. The maximum Gasteiger partial charge on any atom is 0.330 e. The van der Waals surface area contributed by atoms with Crippen molar-refractivity contribution in [1.29, 1.82) is 0 Å². The van der Waals surface area contributed by atoms with Gasteiger partial charge in [0.2, 0.25) is 0 Å². The van der Waals surface area contributed by atoms with Crippen LogP contribution in [0.4, 0.5) is 5.69 Å². The number of hydrogen-bond acceptors (Lipinski definition) is 4. The maximum atomic E-state index is 11.8. The summed E-state index contributed by atoms with van der Waals surface area (Å²) in [5.74, 6) is -0.797. The predicted molar refractivity (Wildman–Crippen MR) is 62.7 cm³/mol. The SMILES string of the molecule is COc1ccc(N2C(=O)[C@H](OC)[C@H]2C(=O)O)cc1. The van der Waals surface area contributed by atoms with Gasteiger partial charge in [0.15, 0.2) is 12.1 Å². The minimum Gasteiger partial charge on any atom is -0.497 e. The Hall–Kier alpha value is -2.08. The zero-order valence-electron chi connectivity index (χ0n) is 9.99. The molecule has 0 saturated carbocycles. The molecule has 1 aromatic rings. The van der Waals surface area contributed by atoms with E-state index in [9.17, 15) is 9.59 Å². The normalized spacial score (nSPS) is 22.6. The number of β-lactam (4-membered cyclic amide) rings is 1.